The van der Waals surface area contributed by atoms with Gasteiger partial charge in [-0.2, -0.15) is 5.10 Å². The third kappa shape index (κ3) is 3.92. The number of carbonyl (C=O) groups is 1. The first-order valence-corrected chi connectivity index (χ1v) is 8.07. The number of aromatic amines is 1. The fourth-order valence-electron chi connectivity index (χ4n) is 2.07. The van der Waals surface area contributed by atoms with Crippen LogP contribution >= 0.6 is 11.3 Å². The van der Waals surface area contributed by atoms with Gasteiger partial charge >= 0.3 is 0 Å². The van der Waals surface area contributed by atoms with Crippen LogP contribution in [-0.2, 0) is 11.2 Å². The second-order valence-electron chi connectivity index (χ2n) is 4.99. The second kappa shape index (κ2) is 7.02. The van der Waals surface area contributed by atoms with Gasteiger partial charge in [0.1, 0.15) is 5.01 Å². The van der Waals surface area contributed by atoms with Gasteiger partial charge in [0.15, 0.2) is 0 Å². The number of nitrogens with zero attached hydrogens (tertiary/aromatic N) is 2. The molecule has 0 aliphatic heterocycles. The average molecular weight is 324 g/mol. The van der Waals surface area contributed by atoms with Gasteiger partial charge < -0.3 is 4.98 Å². The van der Waals surface area contributed by atoms with Crippen molar-refractivity contribution in [1.82, 2.24) is 15.4 Å². The largest absolute Gasteiger partial charge is 0.360 e. The Kier molecular flexibility index (Phi) is 4.63. The number of aromatic nitrogens is 2. The van der Waals surface area contributed by atoms with Crippen molar-refractivity contribution in [1.29, 1.82) is 0 Å². The molecule has 0 saturated carbocycles. The predicted molar refractivity (Wildman–Crippen MR) is 92.4 cm³/mol. The Labute approximate surface area is 138 Å². The third-order valence-electron chi connectivity index (χ3n) is 3.27. The predicted octanol–water partition coefficient (Wildman–Crippen LogP) is 3.22. The number of amides is 1. The molecule has 23 heavy (non-hydrogen) atoms. The van der Waals surface area contributed by atoms with Crippen molar-refractivity contribution >= 4 is 23.0 Å². The highest BCUT2D eigenvalue weighted by molar-refractivity contribution is 7.10. The highest BCUT2D eigenvalue weighted by Crippen LogP contribution is 2.21. The lowest BCUT2D eigenvalue weighted by Crippen LogP contribution is -2.21. The van der Waals surface area contributed by atoms with Crippen LogP contribution in [0.25, 0.3) is 11.3 Å². The first-order chi connectivity index (χ1) is 11.2. The zero-order valence-corrected chi connectivity index (χ0v) is 13.4. The van der Waals surface area contributed by atoms with E-state index in [0.717, 1.165) is 27.7 Å². The van der Waals surface area contributed by atoms with Crippen LogP contribution < -0.4 is 5.43 Å². The molecule has 6 heteroatoms. The van der Waals surface area contributed by atoms with Gasteiger partial charge in [-0.15, -0.1) is 11.3 Å². The summed E-state index contributed by atoms with van der Waals surface area (Å²) in [5.74, 6) is -0.176. The molecule has 5 nitrogen and oxygen atoms in total. The Morgan fingerprint density at radius 3 is 2.83 bits per heavy atom. The van der Waals surface area contributed by atoms with Gasteiger partial charge in [-0.3, -0.25) is 4.79 Å². The van der Waals surface area contributed by atoms with Crippen molar-refractivity contribution in [2.24, 2.45) is 5.10 Å². The molecule has 1 amide bonds. The summed E-state index contributed by atoms with van der Waals surface area (Å²) in [5.41, 5.74) is 6.12. The van der Waals surface area contributed by atoms with Crippen LogP contribution in [0.1, 0.15) is 17.6 Å². The fraction of sp³-hybridized carbons (Fsp3) is 0.118. The van der Waals surface area contributed by atoms with Crippen LogP contribution in [0.3, 0.4) is 0 Å². The Balaban J connectivity index is 1.60. The molecule has 2 aromatic heterocycles. The maximum atomic E-state index is 12.0. The monoisotopic (exact) mass is 324 g/mol. The minimum atomic E-state index is -0.176. The molecule has 1 aromatic carbocycles. The maximum Gasteiger partial charge on any atom is 0.246 e. The molecular formula is C17H16N4OS. The number of hydrogen-bond acceptors (Lipinski definition) is 4. The summed E-state index contributed by atoms with van der Waals surface area (Å²) >= 11 is 1.48. The van der Waals surface area contributed by atoms with Gasteiger partial charge in [-0.25, -0.2) is 10.4 Å². The lowest BCUT2D eigenvalue weighted by atomic mass is 10.2. The number of hydrogen-bond donors (Lipinski definition) is 2. The molecule has 2 N–H and O–H groups in total. The third-order valence-corrected chi connectivity index (χ3v) is 4.12. The van der Waals surface area contributed by atoms with Gasteiger partial charge in [-0.1, -0.05) is 30.3 Å². The number of carbonyl (C=O) groups excluding carboxylic acids is 1. The Morgan fingerprint density at radius 1 is 1.26 bits per heavy atom. The molecule has 0 aliphatic carbocycles. The molecule has 0 spiro atoms. The van der Waals surface area contributed by atoms with E-state index in [0.29, 0.717) is 0 Å². The minimum absolute atomic E-state index is 0.176. The van der Waals surface area contributed by atoms with Crippen LogP contribution in [-0.4, -0.2) is 21.6 Å². The summed E-state index contributed by atoms with van der Waals surface area (Å²) < 4.78 is 0. The lowest BCUT2D eigenvalue weighted by Gasteiger charge is -2.00. The van der Waals surface area contributed by atoms with Crippen molar-refractivity contribution in [2.45, 2.75) is 13.3 Å². The van der Waals surface area contributed by atoms with Crippen LogP contribution in [0.4, 0.5) is 0 Å². The van der Waals surface area contributed by atoms with Gasteiger partial charge in [0.2, 0.25) is 5.91 Å². The molecule has 116 valence electrons. The maximum absolute atomic E-state index is 12.0. The molecular weight excluding hydrogens is 308 g/mol. The highest BCUT2D eigenvalue weighted by Gasteiger charge is 2.09. The fourth-order valence-corrected chi connectivity index (χ4v) is 2.87. The zero-order valence-electron chi connectivity index (χ0n) is 12.6. The standard InChI is InChI=1S/C17H16N4OS/c1-12(14-8-5-9-18-14)20-21-16(22)10-17-19-15(11-23-17)13-6-3-2-4-7-13/h2-9,11,18H,10H2,1H3,(H,21,22)/b20-12+. The van der Waals surface area contributed by atoms with Crippen molar-refractivity contribution in [2.75, 3.05) is 0 Å². The van der Waals surface area contributed by atoms with Crippen molar-refractivity contribution < 1.29 is 4.79 Å². The summed E-state index contributed by atoms with van der Waals surface area (Å²) in [6.07, 6.45) is 2.04. The lowest BCUT2D eigenvalue weighted by molar-refractivity contribution is -0.120. The number of H-pyrrole nitrogens is 1. The summed E-state index contributed by atoms with van der Waals surface area (Å²) in [5, 5.41) is 6.83. The first kappa shape index (κ1) is 15.2. The second-order valence-corrected chi connectivity index (χ2v) is 5.93. The van der Waals surface area contributed by atoms with E-state index in [2.05, 4.69) is 20.5 Å². The van der Waals surface area contributed by atoms with Crippen LogP contribution in [0.2, 0.25) is 0 Å². The average Bonchev–Trinajstić information content (AvgIpc) is 3.25. The molecule has 0 saturated heterocycles. The van der Waals surface area contributed by atoms with E-state index in [9.17, 15) is 4.79 Å². The van der Waals surface area contributed by atoms with Gasteiger partial charge in [0.25, 0.3) is 0 Å². The number of rotatable bonds is 5. The Bertz CT molecular complexity index is 806. The van der Waals surface area contributed by atoms with Crippen molar-refractivity contribution in [3.05, 3.63) is 64.7 Å². The minimum Gasteiger partial charge on any atom is -0.360 e. The van der Waals surface area contributed by atoms with Gasteiger partial charge in [0, 0.05) is 17.1 Å². The normalized spacial score (nSPS) is 11.4. The van der Waals surface area contributed by atoms with Gasteiger partial charge in [-0.05, 0) is 19.1 Å². The molecule has 0 bridgehead atoms. The van der Waals surface area contributed by atoms with E-state index < -0.39 is 0 Å². The molecule has 0 unspecified atom stereocenters. The van der Waals surface area contributed by atoms with E-state index >= 15 is 0 Å². The zero-order chi connectivity index (χ0) is 16.1. The topological polar surface area (TPSA) is 70.1 Å². The van der Waals surface area contributed by atoms with E-state index in [4.69, 9.17) is 0 Å². The highest BCUT2D eigenvalue weighted by atomic mass is 32.1. The number of benzene rings is 1. The van der Waals surface area contributed by atoms with E-state index in [1.54, 1.807) is 0 Å². The Morgan fingerprint density at radius 2 is 2.09 bits per heavy atom. The van der Waals surface area contributed by atoms with E-state index in [1.807, 2.05) is 61.0 Å². The number of hydrazone groups is 1. The van der Waals surface area contributed by atoms with Crippen molar-refractivity contribution in [3.8, 4) is 11.3 Å². The van der Waals surface area contributed by atoms with Crippen LogP contribution in [0.15, 0.2) is 59.1 Å². The molecule has 3 aromatic rings. The van der Waals surface area contributed by atoms with Crippen LogP contribution in [0, 0.1) is 0 Å². The summed E-state index contributed by atoms with van der Waals surface area (Å²) in [6.45, 7) is 1.84. The van der Waals surface area contributed by atoms with E-state index in [1.165, 1.54) is 11.3 Å². The molecule has 0 radical (unpaired) electrons. The summed E-state index contributed by atoms with van der Waals surface area (Å²) in [6, 6.07) is 13.7. The smallest absolute Gasteiger partial charge is 0.246 e. The van der Waals surface area contributed by atoms with Gasteiger partial charge in [0.05, 0.1) is 23.5 Å². The molecule has 0 aliphatic rings. The molecule has 2 heterocycles. The summed E-state index contributed by atoms with van der Waals surface area (Å²) in [4.78, 5) is 19.5. The molecule has 3 rings (SSSR count). The van der Waals surface area contributed by atoms with Crippen LogP contribution in [0.5, 0.6) is 0 Å². The summed E-state index contributed by atoms with van der Waals surface area (Å²) in [7, 11) is 0. The number of nitrogens with one attached hydrogen (secondary N) is 2. The van der Waals surface area contributed by atoms with Crippen molar-refractivity contribution in [3.63, 3.8) is 0 Å². The molecule has 0 atom stereocenters. The SMILES string of the molecule is C/C(=N\NC(=O)Cc1nc(-c2ccccc2)cs1)c1ccc[nH]1. The quantitative estimate of drug-likeness (QED) is 0.559. The first-order valence-electron chi connectivity index (χ1n) is 7.19. The Hall–Kier alpha value is -2.73. The number of thiazole rings is 1. The van der Waals surface area contributed by atoms with E-state index in [-0.39, 0.29) is 12.3 Å². The molecule has 0 fully saturated rings.